The Morgan fingerprint density at radius 2 is 2.00 bits per heavy atom. The number of ketones is 1. The second-order valence-corrected chi connectivity index (χ2v) is 4.70. The maximum Gasteiger partial charge on any atom is 0.137 e. The van der Waals surface area contributed by atoms with Gasteiger partial charge < -0.3 is 4.74 Å². The fourth-order valence-electron chi connectivity index (χ4n) is 2.39. The smallest absolute Gasteiger partial charge is 0.137 e. The van der Waals surface area contributed by atoms with Crippen LogP contribution in [-0.2, 0) is 17.6 Å². The van der Waals surface area contributed by atoms with Crippen molar-refractivity contribution in [3.8, 4) is 5.75 Å². The third-order valence-corrected chi connectivity index (χ3v) is 3.26. The molecule has 0 fully saturated rings. The van der Waals surface area contributed by atoms with Crippen molar-refractivity contribution in [2.75, 3.05) is 7.11 Å². The zero-order chi connectivity index (χ0) is 11.7. The summed E-state index contributed by atoms with van der Waals surface area (Å²) in [4.78, 5) is 11.4. The lowest BCUT2D eigenvalue weighted by Gasteiger charge is -2.22. The van der Waals surface area contributed by atoms with Gasteiger partial charge in [-0.05, 0) is 29.0 Å². The summed E-state index contributed by atoms with van der Waals surface area (Å²) >= 11 is 0. The van der Waals surface area contributed by atoms with Crippen molar-refractivity contribution >= 4 is 5.78 Å². The number of hydrogen-bond donors (Lipinski definition) is 0. The second-order valence-electron chi connectivity index (χ2n) is 4.70. The van der Waals surface area contributed by atoms with Gasteiger partial charge in [0.1, 0.15) is 11.5 Å². The van der Waals surface area contributed by atoms with Gasteiger partial charge in [-0.1, -0.05) is 26.0 Å². The molecule has 2 rings (SSSR count). The molecule has 2 nitrogen and oxygen atoms in total. The Hall–Kier alpha value is -1.31. The Bertz CT molecular complexity index is 419. The van der Waals surface area contributed by atoms with E-state index in [2.05, 4.69) is 26.0 Å². The standard InChI is InChI=1S/C14H18O2/c1-9(2)12-6-4-10-8-11(15)5-7-13(10)14(12)16-3/h4,6,9H,5,7-8H2,1-3H3. The molecule has 0 saturated heterocycles. The lowest BCUT2D eigenvalue weighted by Crippen LogP contribution is -2.15. The highest BCUT2D eigenvalue weighted by Gasteiger charge is 2.21. The summed E-state index contributed by atoms with van der Waals surface area (Å²) in [5.74, 6) is 1.80. The van der Waals surface area contributed by atoms with Gasteiger partial charge in [-0.2, -0.15) is 0 Å². The van der Waals surface area contributed by atoms with Crippen molar-refractivity contribution in [1.29, 1.82) is 0 Å². The number of hydrogen-bond acceptors (Lipinski definition) is 2. The van der Waals surface area contributed by atoms with Crippen molar-refractivity contribution in [3.05, 3.63) is 28.8 Å². The summed E-state index contributed by atoms with van der Waals surface area (Å²) in [6.07, 6.45) is 2.06. The average molecular weight is 218 g/mol. The molecule has 1 aromatic carbocycles. The third-order valence-electron chi connectivity index (χ3n) is 3.26. The van der Waals surface area contributed by atoms with Gasteiger partial charge in [0.15, 0.2) is 0 Å². The number of ether oxygens (including phenoxy) is 1. The molecule has 0 heterocycles. The van der Waals surface area contributed by atoms with Crippen LogP contribution in [0.4, 0.5) is 0 Å². The summed E-state index contributed by atoms with van der Waals surface area (Å²) in [7, 11) is 1.72. The first-order chi connectivity index (χ1) is 7.63. The van der Waals surface area contributed by atoms with Crippen molar-refractivity contribution < 1.29 is 9.53 Å². The van der Waals surface area contributed by atoms with Crippen LogP contribution in [-0.4, -0.2) is 12.9 Å². The van der Waals surface area contributed by atoms with Crippen LogP contribution in [0.1, 0.15) is 42.9 Å². The number of rotatable bonds is 2. The van der Waals surface area contributed by atoms with Crippen LogP contribution >= 0.6 is 0 Å². The van der Waals surface area contributed by atoms with E-state index in [-0.39, 0.29) is 0 Å². The molecule has 0 bridgehead atoms. The van der Waals surface area contributed by atoms with Crippen LogP contribution in [0.5, 0.6) is 5.75 Å². The van der Waals surface area contributed by atoms with Crippen molar-refractivity contribution in [3.63, 3.8) is 0 Å². The minimum Gasteiger partial charge on any atom is -0.496 e. The molecule has 0 aromatic heterocycles. The Morgan fingerprint density at radius 3 is 2.62 bits per heavy atom. The highest BCUT2D eigenvalue weighted by Crippen LogP contribution is 2.35. The maximum atomic E-state index is 11.4. The molecule has 0 spiro atoms. The Balaban J connectivity index is 2.52. The number of methoxy groups -OCH3 is 1. The predicted octanol–water partition coefficient (Wildman–Crippen LogP) is 2.88. The highest BCUT2D eigenvalue weighted by atomic mass is 16.5. The fourth-order valence-corrected chi connectivity index (χ4v) is 2.39. The number of fused-ring (bicyclic) bond motifs is 1. The number of Topliss-reactive ketones (excluding diaryl/α,β-unsaturated/α-hetero) is 1. The number of carbonyl (C=O) groups excluding carboxylic acids is 1. The summed E-state index contributed by atoms with van der Waals surface area (Å²) in [5.41, 5.74) is 3.64. The van der Waals surface area contributed by atoms with Gasteiger partial charge >= 0.3 is 0 Å². The fraction of sp³-hybridized carbons (Fsp3) is 0.500. The van der Waals surface area contributed by atoms with Gasteiger partial charge in [0.05, 0.1) is 7.11 Å². The topological polar surface area (TPSA) is 26.3 Å². The van der Waals surface area contributed by atoms with Gasteiger partial charge in [-0.3, -0.25) is 4.79 Å². The normalized spacial score (nSPS) is 15.1. The minimum absolute atomic E-state index is 0.340. The van der Waals surface area contributed by atoms with Gasteiger partial charge in [0.25, 0.3) is 0 Å². The molecule has 1 aliphatic carbocycles. The van der Waals surface area contributed by atoms with Gasteiger partial charge in [0, 0.05) is 12.8 Å². The van der Waals surface area contributed by atoms with E-state index in [1.54, 1.807) is 7.11 Å². The monoisotopic (exact) mass is 218 g/mol. The summed E-state index contributed by atoms with van der Waals surface area (Å²) in [6, 6.07) is 4.19. The molecular weight excluding hydrogens is 200 g/mol. The first kappa shape index (κ1) is 11.2. The molecule has 1 aliphatic rings. The van der Waals surface area contributed by atoms with E-state index in [0.717, 1.165) is 17.7 Å². The Labute approximate surface area is 96.6 Å². The Morgan fingerprint density at radius 1 is 1.25 bits per heavy atom. The van der Waals surface area contributed by atoms with Crippen LogP contribution < -0.4 is 4.74 Å². The van der Waals surface area contributed by atoms with Crippen molar-refractivity contribution in [2.24, 2.45) is 0 Å². The first-order valence-corrected chi connectivity index (χ1v) is 5.83. The molecular formula is C14H18O2. The van der Waals surface area contributed by atoms with E-state index in [4.69, 9.17) is 4.74 Å². The maximum absolute atomic E-state index is 11.4. The number of benzene rings is 1. The van der Waals surface area contributed by atoms with Crippen molar-refractivity contribution in [1.82, 2.24) is 0 Å². The molecule has 16 heavy (non-hydrogen) atoms. The second kappa shape index (κ2) is 4.28. The third kappa shape index (κ3) is 1.84. The van der Waals surface area contributed by atoms with Gasteiger partial charge in [0.2, 0.25) is 0 Å². The van der Waals surface area contributed by atoms with E-state index in [1.807, 2.05) is 0 Å². The van der Waals surface area contributed by atoms with E-state index in [9.17, 15) is 4.79 Å². The SMILES string of the molecule is COc1c(C(C)C)ccc2c1CCC(=O)C2. The Kier molecular flexibility index (Phi) is 2.99. The zero-order valence-electron chi connectivity index (χ0n) is 10.2. The molecule has 86 valence electrons. The molecule has 0 unspecified atom stereocenters. The van der Waals surface area contributed by atoms with E-state index in [1.165, 1.54) is 11.1 Å². The molecule has 0 aliphatic heterocycles. The largest absolute Gasteiger partial charge is 0.496 e. The van der Waals surface area contributed by atoms with Crippen LogP contribution in [0, 0.1) is 0 Å². The molecule has 0 saturated carbocycles. The lowest BCUT2D eigenvalue weighted by molar-refractivity contribution is -0.118. The minimum atomic E-state index is 0.340. The van der Waals surface area contributed by atoms with Gasteiger partial charge in [-0.15, -0.1) is 0 Å². The van der Waals surface area contributed by atoms with E-state index >= 15 is 0 Å². The quantitative estimate of drug-likeness (QED) is 0.763. The molecule has 0 amide bonds. The van der Waals surface area contributed by atoms with Crippen LogP contribution in [0.3, 0.4) is 0 Å². The molecule has 1 aromatic rings. The van der Waals surface area contributed by atoms with E-state index in [0.29, 0.717) is 24.5 Å². The predicted molar refractivity (Wildman–Crippen MR) is 64.1 cm³/mol. The van der Waals surface area contributed by atoms with Crippen LogP contribution in [0.15, 0.2) is 12.1 Å². The molecule has 0 radical (unpaired) electrons. The molecule has 0 N–H and O–H groups in total. The van der Waals surface area contributed by atoms with E-state index < -0.39 is 0 Å². The van der Waals surface area contributed by atoms with Crippen molar-refractivity contribution in [2.45, 2.75) is 39.0 Å². The zero-order valence-corrected chi connectivity index (χ0v) is 10.2. The highest BCUT2D eigenvalue weighted by molar-refractivity contribution is 5.83. The average Bonchev–Trinajstić information content (AvgIpc) is 2.26. The lowest BCUT2D eigenvalue weighted by atomic mass is 9.86. The molecule has 2 heteroatoms. The summed E-state index contributed by atoms with van der Waals surface area (Å²) in [5, 5.41) is 0. The summed E-state index contributed by atoms with van der Waals surface area (Å²) in [6.45, 7) is 4.33. The number of carbonyl (C=O) groups is 1. The van der Waals surface area contributed by atoms with Gasteiger partial charge in [-0.25, -0.2) is 0 Å². The van der Waals surface area contributed by atoms with Crippen LogP contribution in [0.2, 0.25) is 0 Å². The van der Waals surface area contributed by atoms with Crippen LogP contribution in [0.25, 0.3) is 0 Å². The summed E-state index contributed by atoms with van der Waals surface area (Å²) < 4.78 is 5.53. The molecule has 0 atom stereocenters. The first-order valence-electron chi connectivity index (χ1n) is 5.83.